The lowest BCUT2D eigenvalue weighted by Gasteiger charge is -2.36. The van der Waals surface area contributed by atoms with Crippen LogP contribution in [0.25, 0.3) is 21.9 Å². The van der Waals surface area contributed by atoms with Gasteiger partial charge in [0.1, 0.15) is 19.0 Å². The van der Waals surface area contributed by atoms with Crippen LogP contribution in [-0.2, 0) is 29.2 Å². The molecule has 3 aromatic heterocycles. The van der Waals surface area contributed by atoms with Gasteiger partial charge in [-0.25, -0.2) is 23.5 Å². The van der Waals surface area contributed by atoms with Crippen LogP contribution in [0.3, 0.4) is 0 Å². The summed E-state index contributed by atoms with van der Waals surface area (Å²) in [7, 11) is 1.39. The summed E-state index contributed by atoms with van der Waals surface area (Å²) < 4.78 is 46.3. The smallest absolute Gasteiger partial charge is 0.337 e. The van der Waals surface area contributed by atoms with E-state index in [1.54, 1.807) is 12.3 Å². The number of esters is 1. The number of nitrogens with zero attached hydrogens (tertiary/aromatic N) is 6. The van der Waals surface area contributed by atoms with Crippen LogP contribution in [0.2, 0.25) is 0 Å². The number of methoxy groups -OCH3 is 1. The van der Waals surface area contributed by atoms with Crippen LogP contribution in [-0.4, -0.2) is 74.5 Å². The van der Waals surface area contributed by atoms with E-state index >= 15 is 0 Å². The van der Waals surface area contributed by atoms with Crippen LogP contribution in [0.4, 0.5) is 8.78 Å². The van der Waals surface area contributed by atoms with Gasteiger partial charge >= 0.3 is 5.97 Å². The van der Waals surface area contributed by atoms with Gasteiger partial charge in [0.05, 0.1) is 54.1 Å². The first-order valence-corrected chi connectivity index (χ1v) is 16.1. The van der Waals surface area contributed by atoms with Crippen LogP contribution in [0.1, 0.15) is 65.6 Å². The summed E-state index contributed by atoms with van der Waals surface area (Å²) in [4.78, 5) is 24.6. The number of aromatic nitrogens is 5. The van der Waals surface area contributed by atoms with Crippen molar-refractivity contribution in [1.82, 2.24) is 29.2 Å². The standard InChI is InChI=1S/C35H38F2N6O4/c1-22(34-40-29-9-8-25(35(44)45-2)17-31(29)42(34)19-27-12-15-46-27)41-13-10-24(11-14-41)28-4-3-5-33(39-28)47-21-23-6-7-26-18-38-43(20-32(36)37)30(26)16-23/h3-9,16-18,22,24,27,32H,10-15,19-21H2,1-2H3. The third kappa shape index (κ3) is 6.57. The molecule has 0 spiro atoms. The molecule has 0 radical (unpaired) electrons. The summed E-state index contributed by atoms with van der Waals surface area (Å²) in [6.07, 6.45) is 2.17. The molecule has 5 aromatic rings. The summed E-state index contributed by atoms with van der Waals surface area (Å²) in [5.41, 5.74) is 4.80. The molecule has 2 unspecified atom stereocenters. The molecular formula is C35H38F2N6O4. The van der Waals surface area contributed by atoms with Crippen molar-refractivity contribution in [3.63, 3.8) is 0 Å². The molecule has 2 saturated heterocycles. The van der Waals surface area contributed by atoms with Crippen LogP contribution < -0.4 is 4.74 Å². The SMILES string of the molecule is COC(=O)c1ccc2nc(C(C)N3CCC(c4cccc(OCc5ccc6cnn(CC(F)F)c6c5)n4)CC3)n(CC3CCO3)c2c1. The number of carbonyl (C=O) groups excluding carboxylic acids is 1. The number of benzene rings is 2. The van der Waals surface area contributed by atoms with Crippen molar-refractivity contribution in [3.05, 3.63) is 83.4 Å². The lowest BCUT2D eigenvalue weighted by atomic mass is 9.92. The molecule has 2 aromatic carbocycles. The van der Waals surface area contributed by atoms with Gasteiger partial charge in [0.2, 0.25) is 5.88 Å². The van der Waals surface area contributed by atoms with Gasteiger partial charge in [0, 0.05) is 29.7 Å². The molecule has 2 aliphatic rings. The number of alkyl halides is 2. The fourth-order valence-electron chi connectivity index (χ4n) is 6.65. The second-order valence-corrected chi connectivity index (χ2v) is 12.3. The van der Waals surface area contributed by atoms with Crippen LogP contribution in [0.15, 0.2) is 60.8 Å². The van der Waals surface area contributed by atoms with Crippen molar-refractivity contribution in [2.45, 2.75) is 70.4 Å². The highest BCUT2D eigenvalue weighted by molar-refractivity contribution is 5.93. The maximum absolute atomic E-state index is 13.0. The molecule has 2 atom stereocenters. The first kappa shape index (κ1) is 31.2. The fraction of sp³-hybridized carbons (Fsp3) is 0.429. The third-order valence-corrected chi connectivity index (χ3v) is 9.40. The highest BCUT2D eigenvalue weighted by atomic mass is 19.3. The van der Waals surface area contributed by atoms with Gasteiger partial charge in [-0.15, -0.1) is 0 Å². The summed E-state index contributed by atoms with van der Waals surface area (Å²) in [6.45, 7) is 5.28. The van der Waals surface area contributed by atoms with E-state index in [2.05, 4.69) is 27.6 Å². The minimum absolute atomic E-state index is 0.0713. The highest BCUT2D eigenvalue weighted by Gasteiger charge is 2.30. The van der Waals surface area contributed by atoms with E-state index in [0.717, 1.165) is 72.5 Å². The van der Waals surface area contributed by atoms with Gasteiger partial charge in [-0.1, -0.05) is 18.2 Å². The average Bonchev–Trinajstić information content (AvgIpc) is 3.64. The third-order valence-electron chi connectivity index (χ3n) is 9.40. The number of imidazole rings is 1. The Morgan fingerprint density at radius 3 is 2.62 bits per heavy atom. The topological polar surface area (TPSA) is 96.5 Å². The second-order valence-electron chi connectivity index (χ2n) is 12.3. The van der Waals surface area contributed by atoms with Gasteiger partial charge in [-0.3, -0.25) is 9.58 Å². The Kier molecular flexibility index (Phi) is 8.87. The zero-order valence-electron chi connectivity index (χ0n) is 26.5. The summed E-state index contributed by atoms with van der Waals surface area (Å²) in [6, 6.07) is 17.1. The number of ether oxygens (including phenoxy) is 3. The Labute approximate surface area is 271 Å². The zero-order valence-corrected chi connectivity index (χ0v) is 26.5. The Hall–Kier alpha value is -4.42. The predicted octanol–water partition coefficient (Wildman–Crippen LogP) is 6.14. The molecule has 5 heterocycles. The molecule has 0 amide bonds. The molecule has 10 nitrogen and oxygen atoms in total. The molecule has 2 aliphatic heterocycles. The molecule has 0 saturated carbocycles. The summed E-state index contributed by atoms with van der Waals surface area (Å²) in [5, 5.41) is 4.90. The number of hydrogen-bond acceptors (Lipinski definition) is 8. The first-order chi connectivity index (χ1) is 22.9. The van der Waals surface area contributed by atoms with Crippen LogP contribution in [0.5, 0.6) is 5.88 Å². The first-order valence-electron chi connectivity index (χ1n) is 16.1. The maximum Gasteiger partial charge on any atom is 0.337 e. The second kappa shape index (κ2) is 13.4. The summed E-state index contributed by atoms with van der Waals surface area (Å²) in [5.74, 6) is 1.45. The van der Waals surface area contributed by atoms with E-state index in [-0.39, 0.29) is 24.7 Å². The quantitative estimate of drug-likeness (QED) is 0.158. The highest BCUT2D eigenvalue weighted by Crippen LogP contribution is 2.34. The van der Waals surface area contributed by atoms with Crippen molar-refractivity contribution in [3.8, 4) is 5.88 Å². The lowest BCUT2D eigenvalue weighted by Crippen LogP contribution is -2.37. The molecule has 7 rings (SSSR count). The largest absolute Gasteiger partial charge is 0.473 e. The molecular weight excluding hydrogens is 606 g/mol. The van der Waals surface area contributed by atoms with E-state index in [4.69, 9.17) is 24.2 Å². The van der Waals surface area contributed by atoms with Crippen molar-refractivity contribution in [2.75, 3.05) is 26.8 Å². The lowest BCUT2D eigenvalue weighted by molar-refractivity contribution is -0.0594. The number of rotatable bonds is 11. The van der Waals surface area contributed by atoms with Gasteiger partial charge in [-0.2, -0.15) is 5.10 Å². The number of likely N-dealkylation sites (tertiary alicyclic amines) is 1. The van der Waals surface area contributed by atoms with Crippen molar-refractivity contribution < 1.29 is 27.8 Å². The van der Waals surface area contributed by atoms with Gasteiger partial charge in [0.15, 0.2) is 0 Å². The number of pyridine rings is 1. The summed E-state index contributed by atoms with van der Waals surface area (Å²) >= 11 is 0. The number of carbonyl (C=O) groups is 1. The fourth-order valence-corrected chi connectivity index (χ4v) is 6.65. The molecule has 0 N–H and O–H groups in total. The number of hydrogen-bond donors (Lipinski definition) is 0. The normalized spacial score (nSPS) is 18.1. The Morgan fingerprint density at radius 1 is 1.04 bits per heavy atom. The zero-order chi connectivity index (χ0) is 32.5. The van der Waals surface area contributed by atoms with Crippen LogP contribution in [0, 0.1) is 0 Å². The molecule has 12 heteroatoms. The predicted molar refractivity (Wildman–Crippen MR) is 172 cm³/mol. The molecule has 2 fully saturated rings. The Morgan fingerprint density at radius 2 is 1.87 bits per heavy atom. The van der Waals surface area contributed by atoms with E-state index in [1.807, 2.05) is 42.5 Å². The van der Waals surface area contributed by atoms with Gasteiger partial charge in [0.25, 0.3) is 6.43 Å². The van der Waals surface area contributed by atoms with Crippen molar-refractivity contribution >= 4 is 27.9 Å². The average molecular weight is 645 g/mol. The van der Waals surface area contributed by atoms with Gasteiger partial charge in [-0.05, 0) is 75.2 Å². The minimum Gasteiger partial charge on any atom is -0.473 e. The molecule has 246 valence electrons. The molecule has 47 heavy (non-hydrogen) atoms. The Bertz CT molecular complexity index is 1880. The maximum atomic E-state index is 13.0. The minimum atomic E-state index is -2.47. The number of piperidine rings is 1. The van der Waals surface area contributed by atoms with Crippen molar-refractivity contribution in [2.24, 2.45) is 0 Å². The van der Waals surface area contributed by atoms with E-state index in [9.17, 15) is 13.6 Å². The monoisotopic (exact) mass is 644 g/mol. The number of fused-ring (bicyclic) bond motifs is 2. The van der Waals surface area contributed by atoms with Crippen LogP contribution >= 0.6 is 0 Å². The van der Waals surface area contributed by atoms with E-state index in [0.29, 0.717) is 29.4 Å². The van der Waals surface area contributed by atoms with E-state index < -0.39 is 13.0 Å². The van der Waals surface area contributed by atoms with Gasteiger partial charge < -0.3 is 18.8 Å². The van der Waals surface area contributed by atoms with Crippen molar-refractivity contribution in [1.29, 1.82) is 0 Å². The van der Waals surface area contributed by atoms with E-state index in [1.165, 1.54) is 11.8 Å². The number of halogens is 2. The molecule has 0 bridgehead atoms. The molecule has 0 aliphatic carbocycles. The Balaban J connectivity index is 1.01.